The lowest BCUT2D eigenvalue weighted by molar-refractivity contribution is -0.152. The molecule has 1 aliphatic heterocycles. The molecule has 1 aromatic heterocycles. The second kappa shape index (κ2) is 8.30. The van der Waals surface area contributed by atoms with E-state index in [0.29, 0.717) is 29.5 Å². The predicted molar refractivity (Wildman–Crippen MR) is 103 cm³/mol. The summed E-state index contributed by atoms with van der Waals surface area (Å²) in [5.74, 6) is -0.873. The van der Waals surface area contributed by atoms with Crippen molar-refractivity contribution in [1.29, 1.82) is 0 Å². The Hall–Kier alpha value is -2.74. The molecule has 3 rings (SSSR count). The molecule has 0 bridgehead atoms. The molecule has 1 aromatic carbocycles. The van der Waals surface area contributed by atoms with Gasteiger partial charge in [-0.15, -0.1) is 11.3 Å². The first-order chi connectivity index (χ1) is 12.9. The molecule has 0 spiro atoms. The van der Waals surface area contributed by atoms with Crippen molar-refractivity contribution in [2.75, 3.05) is 16.8 Å². The van der Waals surface area contributed by atoms with Gasteiger partial charge in [-0.25, -0.2) is 4.98 Å². The number of rotatable bonds is 6. The van der Waals surface area contributed by atoms with Gasteiger partial charge in [-0.1, -0.05) is 12.1 Å². The van der Waals surface area contributed by atoms with Gasteiger partial charge in [0.15, 0.2) is 11.2 Å². The van der Waals surface area contributed by atoms with Crippen molar-refractivity contribution in [3.8, 4) is 0 Å². The summed E-state index contributed by atoms with van der Waals surface area (Å²) in [5, 5.41) is 5.06. The van der Waals surface area contributed by atoms with Gasteiger partial charge in [0.25, 0.3) is 5.91 Å². The summed E-state index contributed by atoms with van der Waals surface area (Å²) in [7, 11) is 0. The molecule has 27 heavy (non-hydrogen) atoms. The maximum atomic E-state index is 12.2. The number of thiazole rings is 1. The summed E-state index contributed by atoms with van der Waals surface area (Å²) in [6, 6.07) is 7.38. The van der Waals surface area contributed by atoms with Crippen LogP contribution in [0.5, 0.6) is 0 Å². The van der Waals surface area contributed by atoms with Gasteiger partial charge < -0.3 is 10.1 Å². The van der Waals surface area contributed by atoms with Crippen LogP contribution >= 0.6 is 11.3 Å². The molecule has 1 unspecified atom stereocenters. The van der Waals surface area contributed by atoms with E-state index >= 15 is 0 Å². The minimum atomic E-state index is -0.920. The second-order valence-corrected chi connectivity index (χ2v) is 7.27. The second-order valence-electron chi connectivity index (χ2n) is 6.44. The molecule has 0 saturated carbocycles. The molecule has 1 saturated heterocycles. The van der Waals surface area contributed by atoms with Gasteiger partial charge in [0.2, 0.25) is 5.91 Å². The maximum Gasteiger partial charge on any atom is 0.312 e. The first-order valence-corrected chi connectivity index (χ1v) is 9.62. The fourth-order valence-electron chi connectivity index (χ4n) is 2.76. The number of amides is 2. The Bertz CT molecular complexity index is 864. The van der Waals surface area contributed by atoms with Crippen LogP contribution in [0.25, 0.3) is 0 Å². The van der Waals surface area contributed by atoms with E-state index in [0.717, 1.165) is 12.0 Å². The number of ether oxygens (including phenoxy) is 1. The molecule has 1 atom stereocenters. The van der Waals surface area contributed by atoms with Gasteiger partial charge in [0.05, 0.1) is 12.1 Å². The summed E-state index contributed by atoms with van der Waals surface area (Å²) in [6.45, 7) is 4.11. The van der Waals surface area contributed by atoms with Crippen LogP contribution in [0.1, 0.15) is 31.0 Å². The molecule has 1 fully saturated rings. The van der Waals surface area contributed by atoms with Crippen molar-refractivity contribution in [3.63, 3.8) is 0 Å². The monoisotopic (exact) mass is 387 g/mol. The smallest absolute Gasteiger partial charge is 0.312 e. The quantitative estimate of drug-likeness (QED) is 0.770. The van der Waals surface area contributed by atoms with Crippen molar-refractivity contribution in [1.82, 2.24) is 4.98 Å². The predicted octanol–water partition coefficient (Wildman–Crippen LogP) is 2.69. The summed E-state index contributed by atoms with van der Waals surface area (Å²) >= 11 is 1.33. The highest BCUT2D eigenvalue weighted by atomic mass is 32.1. The van der Waals surface area contributed by atoms with E-state index in [9.17, 15) is 14.4 Å². The van der Waals surface area contributed by atoms with Gasteiger partial charge in [0.1, 0.15) is 0 Å². The first-order valence-electron chi connectivity index (χ1n) is 8.74. The third-order valence-electron chi connectivity index (χ3n) is 4.13. The normalized spacial score (nSPS) is 14.9. The average molecular weight is 387 g/mol. The summed E-state index contributed by atoms with van der Waals surface area (Å²) in [5.41, 5.74) is 2.21. The minimum Gasteiger partial charge on any atom is -0.452 e. The Kier molecular flexibility index (Phi) is 5.85. The van der Waals surface area contributed by atoms with Crippen LogP contribution in [0.4, 0.5) is 10.8 Å². The standard InChI is InChI=1S/C19H21N3O4S/c1-12-5-3-6-14(9-12)20-18(25)13(2)26-17(24)10-15-11-27-19(21-15)22-8-4-7-16(22)23/h3,5-6,9,11,13H,4,7-8,10H2,1-2H3,(H,20,25). The summed E-state index contributed by atoms with van der Waals surface area (Å²) < 4.78 is 5.21. The van der Waals surface area contributed by atoms with Crippen LogP contribution in [0.2, 0.25) is 0 Å². The third kappa shape index (κ3) is 4.91. The van der Waals surface area contributed by atoms with Gasteiger partial charge >= 0.3 is 5.97 Å². The van der Waals surface area contributed by atoms with Gasteiger partial charge in [-0.05, 0) is 38.0 Å². The fourth-order valence-corrected chi connectivity index (χ4v) is 3.63. The molecule has 2 amide bonds. The number of esters is 1. The number of anilines is 2. The molecule has 1 aliphatic rings. The van der Waals surface area contributed by atoms with E-state index in [1.807, 2.05) is 25.1 Å². The lowest BCUT2D eigenvalue weighted by Crippen LogP contribution is -2.30. The van der Waals surface area contributed by atoms with Gasteiger partial charge in [0, 0.05) is 24.0 Å². The summed E-state index contributed by atoms with van der Waals surface area (Å²) in [4.78, 5) is 42.0. The lowest BCUT2D eigenvalue weighted by atomic mass is 10.2. The SMILES string of the molecule is Cc1cccc(NC(=O)C(C)OC(=O)Cc2csc(N3CCCC3=O)n2)c1. The molecular weight excluding hydrogens is 366 g/mol. The molecule has 2 heterocycles. The van der Waals surface area contributed by atoms with Crippen LogP contribution < -0.4 is 10.2 Å². The Morgan fingerprint density at radius 1 is 1.41 bits per heavy atom. The largest absolute Gasteiger partial charge is 0.452 e. The number of hydrogen-bond acceptors (Lipinski definition) is 6. The highest BCUT2D eigenvalue weighted by molar-refractivity contribution is 7.14. The molecule has 142 valence electrons. The first kappa shape index (κ1) is 19.0. The van der Waals surface area contributed by atoms with Crippen molar-refractivity contribution in [3.05, 3.63) is 40.9 Å². The van der Waals surface area contributed by atoms with Gasteiger partial charge in [-0.2, -0.15) is 0 Å². The van der Waals surface area contributed by atoms with E-state index in [1.165, 1.54) is 18.3 Å². The number of aromatic nitrogens is 1. The van der Waals surface area contributed by atoms with Crippen LogP contribution in [-0.2, 0) is 25.5 Å². The van der Waals surface area contributed by atoms with E-state index in [-0.39, 0.29) is 12.3 Å². The molecule has 1 N–H and O–H groups in total. The van der Waals surface area contributed by atoms with Crippen molar-refractivity contribution in [2.45, 2.75) is 39.2 Å². The minimum absolute atomic E-state index is 0.0411. The van der Waals surface area contributed by atoms with Crippen molar-refractivity contribution < 1.29 is 19.1 Å². The number of nitrogens with zero attached hydrogens (tertiary/aromatic N) is 2. The van der Waals surface area contributed by atoms with E-state index in [1.54, 1.807) is 16.3 Å². The Balaban J connectivity index is 1.52. The molecule has 0 aliphatic carbocycles. The zero-order chi connectivity index (χ0) is 19.4. The number of hydrogen-bond donors (Lipinski definition) is 1. The highest BCUT2D eigenvalue weighted by Crippen LogP contribution is 2.25. The number of aryl methyl sites for hydroxylation is 1. The topological polar surface area (TPSA) is 88.6 Å². The number of carbonyl (C=O) groups is 3. The Morgan fingerprint density at radius 3 is 2.93 bits per heavy atom. The van der Waals surface area contributed by atoms with E-state index in [2.05, 4.69) is 10.3 Å². The molecular formula is C19H21N3O4S. The van der Waals surface area contributed by atoms with E-state index < -0.39 is 18.0 Å². The van der Waals surface area contributed by atoms with Crippen LogP contribution in [0.15, 0.2) is 29.6 Å². The van der Waals surface area contributed by atoms with Crippen LogP contribution in [0.3, 0.4) is 0 Å². The zero-order valence-corrected chi connectivity index (χ0v) is 16.0. The number of benzene rings is 1. The van der Waals surface area contributed by atoms with Crippen LogP contribution in [0, 0.1) is 6.92 Å². The lowest BCUT2D eigenvalue weighted by Gasteiger charge is -2.13. The van der Waals surface area contributed by atoms with E-state index in [4.69, 9.17) is 4.74 Å². The summed E-state index contributed by atoms with van der Waals surface area (Å²) in [6.07, 6.45) is 0.394. The molecule has 0 radical (unpaired) electrons. The average Bonchev–Trinajstić information content (AvgIpc) is 3.23. The van der Waals surface area contributed by atoms with Crippen LogP contribution in [-0.4, -0.2) is 35.4 Å². The fraction of sp³-hybridized carbons (Fsp3) is 0.368. The van der Waals surface area contributed by atoms with Crippen molar-refractivity contribution in [2.24, 2.45) is 0 Å². The Morgan fingerprint density at radius 2 is 2.22 bits per heavy atom. The molecule has 8 heteroatoms. The zero-order valence-electron chi connectivity index (χ0n) is 15.2. The maximum absolute atomic E-state index is 12.2. The van der Waals surface area contributed by atoms with Gasteiger partial charge in [-0.3, -0.25) is 19.3 Å². The Labute approximate surface area is 161 Å². The van der Waals surface area contributed by atoms with Crippen molar-refractivity contribution >= 4 is 39.9 Å². The molecule has 7 nitrogen and oxygen atoms in total. The molecule has 2 aromatic rings. The number of carbonyl (C=O) groups excluding carboxylic acids is 3. The third-order valence-corrected chi connectivity index (χ3v) is 5.04. The number of nitrogens with one attached hydrogen (secondary N) is 1. The highest BCUT2D eigenvalue weighted by Gasteiger charge is 2.25.